The van der Waals surface area contributed by atoms with Gasteiger partial charge in [0.2, 0.25) is 5.91 Å². The third-order valence-electron chi connectivity index (χ3n) is 4.60. The van der Waals surface area contributed by atoms with Crippen molar-refractivity contribution in [3.8, 4) is 5.75 Å². The molecule has 0 aliphatic carbocycles. The molecule has 1 aliphatic rings. The minimum atomic E-state index is -0.507. The molecule has 3 rings (SSSR count). The number of halogens is 1. The molecule has 1 aliphatic heterocycles. The molecule has 1 heterocycles. The maximum absolute atomic E-state index is 12.4. The molecule has 1 amide bonds. The summed E-state index contributed by atoms with van der Waals surface area (Å²) in [5.41, 5.74) is 1.32. The van der Waals surface area contributed by atoms with Crippen molar-refractivity contribution in [2.24, 2.45) is 0 Å². The van der Waals surface area contributed by atoms with Crippen molar-refractivity contribution < 1.29 is 14.5 Å². The summed E-state index contributed by atoms with van der Waals surface area (Å²) >= 11 is 6.25. The molecule has 28 heavy (non-hydrogen) atoms. The van der Waals surface area contributed by atoms with E-state index in [4.69, 9.17) is 16.3 Å². The molecule has 0 aromatic heterocycles. The molecule has 9 heteroatoms. The quantitative estimate of drug-likeness (QED) is 0.588. The van der Waals surface area contributed by atoms with Crippen LogP contribution >= 0.6 is 11.6 Å². The number of nitrogens with one attached hydrogen (secondary N) is 1. The van der Waals surface area contributed by atoms with E-state index in [1.807, 2.05) is 24.3 Å². The predicted molar refractivity (Wildman–Crippen MR) is 108 cm³/mol. The normalized spacial score (nSPS) is 14.6. The summed E-state index contributed by atoms with van der Waals surface area (Å²) in [6, 6.07) is 11.8. The lowest BCUT2D eigenvalue weighted by atomic mass is 10.2. The Balaban J connectivity index is 1.55. The first kappa shape index (κ1) is 19.9. The Bertz CT molecular complexity index is 869. The molecular formula is C19H21ClN4O4. The number of nitro benzene ring substituents is 1. The number of nitrogens with zero attached hydrogens (tertiary/aromatic N) is 3. The standard InChI is InChI=1S/C19H21ClN4O4/c1-28-18-12-14(24(26)27)6-7-16(18)21-19(25)13-22-8-10-23(11-9-22)17-5-3-2-4-15(17)20/h2-7,12H,8-11,13H2,1H3,(H,21,25). The van der Waals surface area contributed by atoms with Gasteiger partial charge in [0, 0.05) is 32.2 Å². The van der Waals surface area contributed by atoms with Crippen LogP contribution in [0.2, 0.25) is 5.02 Å². The molecule has 1 fully saturated rings. The number of hydrogen-bond donors (Lipinski definition) is 1. The topological polar surface area (TPSA) is 87.9 Å². The van der Waals surface area contributed by atoms with E-state index in [-0.39, 0.29) is 23.9 Å². The second kappa shape index (κ2) is 8.90. The van der Waals surface area contributed by atoms with Gasteiger partial charge in [0.05, 0.1) is 41.0 Å². The van der Waals surface area contributed by atoms with Gasteiger partial charge in [0.1, 0.15) is 5.75 Å². The number of benzene rings is 2. The molecule has 1 saturated heterocycles. The summed E-state index contributed by atoms with van der Waals surface area (Å²) in [7, 11) is 1.41. The number of piperazine rings is 1. The average Bonchev–Trinajstić information content (AvgIpc) is 2.69. The number of carbonyl (C=O) groups excluding carboxylic acids is 1. The SMILES string of the molecule is COc1cc([N+](=O)[O-])ccc1NC(=O)CN1CCN(c2ccccc2Cl)CC1. The zero-order valence-electron chi connectivity index (χ0n) is 15.4. The number of para-hydroxylation sites is 1. The fourth-order valence-electron chi connectivity index (χ4n) is 3.14. The molecule has 2 aromatic carbocycles. The zero-order valence-corrected chi connectivity index (χ0v) is 16.2. The highest BCUT2D eigenvalue weighted by Gasteiger charge is 2.21. The Morgan fingerprint density at radius 1 is 1.21 bits per heavy atom. The molecule has 0 spiro atoms. The van der Waals surface area contributed by atoms with Crippen molar-refractivity contribution in [2.45, 2.75) is 0 Å². The molecule has 0 atom stereocenters. The fourth-order valence-corrected chi connectivity index (χ4v) is 3.40. The number of ether oxygens (including phenoxy) is 1. The van der Waals surface area contributed by atoms with Crippen molar-refractivity contribution in [1.29, 1.82) is 0 Å². The van der Waals surface area contributed by atoms with E-state index in [2.05, 4.69) is 15.1 Å². The number of methoxy groups -OCH3 is 1. The van der Waals surface area contributed by atoms with Crippen LogP contribution in [0.25, 0.3) is 0 Å². The molecule has 2 aromatic rings. The lowest BCUT2D eigenvalue weighted by Crippen LogP contribution is -2.48. The fraction of sp³-hybridized carbons (Fsp3) is 0.316. The van der Waals surface area contributed by atoms with Crippen molar-refractivity contribution >= 4 is 34.6 Å². The highest BCUT2D eigenvalue weighted by atomic mass is 35.5. The Kier molecular flexibility index (Phi) is 6.33. The van der Waals surface area contributed by atoms with Gasteiger partial charge in [0.15, 0.2) is 0 Å². The van der Waals surface area contributed by atoms with Crippen LogP contribution in [0.4, 0.5) is 17.1 Å². The predicted octanol–water partition coefficient (Wildman–Crippen LogP) is 3.02. The molecule has 0 unspecified atom stereocenters. The molecule has 8 nitrogen and oxygen atoms in total. The number of carbonyl (C=O) groups is 1. The summed E-state index contributed by atoms with van der Waals surface area (Å²) in [6.45, 7) is 3.25. The lowest BCUT2D eigenvalue weighted by molar-refractivity contribution is -0.384. The van der Waals surface area contributed by atoms with Crippen LogP contribution in [-0.2, 0) is 4.79 Å². The van der Waals surface area contributed by atoms with E-state index < -0.39 is 4.92 Å². The number of hydrogen-bond acceptors (Lipinski definition) is 6. The van der Waals surface area contributed by atoms with Crippen LogP contribution in [-0.4, -0.2) is 55.6 Å². The Morgan fingerprint density at radius 2 is 1.93 bits per heavy atom. The van der Waals surface area contributed by atoms with Gasteiger partial charge in [-0.25, -0.2) is 0 Å². The monoisotopic (exact) mass is 404 g/mol. The van der Waals surface area contributed by atoms with Crippen LogP contribution in [0.5, 0.6) is 5.75 Å². The third kappa shape index (κ3) is 4.71. The lowest BCUT2D eigenvalue weighted by Gasteiger charge is -2.36. The first-order chi connectivity index (χ1) is 13.5. The maximum atomic E-state index is 12.4. The van der Waals surface area contributed by atoms with Crippen molar-refractivity contribution in [3.05, 3.63) is 57.6 Å². The van der Waals surface area contributed by atoms with Crippen LogP contribution < -0.4 is 15.0 Å². The van der Waals surface area contributed by atoms with Gasteiger partial charge >= 0.3 is 0 Å². The van der Waals surface area contributed by atoms with E-state index >= 15 is 0 Å². The smallest absolute Gasteiger partial charge is 0.273 e. The van der Waals surface area contributed by atoms with Gasteiger partial charge in [-0.05, 0) is 18.2 Å². The van der Waals surface area contributed by atoms with Crippen molar-refractivity contribution in [3.63, 3.8) is 0 Å². The highest BCUT2D eigenvalue weighted by molar-refractivity contribution is 6.33. The Hall–Kier alpha value is -2.84. The molecule has 0 saturated carbocycles. The van der Waals surface area contributed by atoms with Crippen molar-refractivity contribution in [2.75, 3.05) is 50.1 Å². The number of anilines is 2. The Morgan fingerprint density at radius 3 is 2.57 bits per heavy atom. The van der Waals surface area contributed by atoms with Crippen molar-refractivity contribution in [1.82, 2.24) is 4.90 Å². The minimum absolute atomic E-state index is 0.0921. The van der Waals surface area contributed by atoms with Crippen LogP contribution in [0.3, 0.4) is 0 Å². The van der Waals surface area contributed by atoms with Crippen LogP contribution in [0.1, 0.15) is 0 Å². The van der Waals surface area contributed by atoms with Gasteiger partial charge in [-0.2, -0.15) is 0 Å². The minimum Gasteiger partial charge on any atom is -0.494 e. The number of amides is 1. The third-order valence-corrected chi connectivity index (χ3v) is 4.92. The average molecular weight is 405 g/mol. The number of non-ortho nitro benzene ring substituents is 1. The van der Waals surface area contributed by atoms with Gasteiger partial charge < -0.3 is 15.0 Å². The van der Waals surface area contributed by atoms with Gasteiger partial charge in [0.25, 0.3) is 5.69 Å². The summed E-state index contributed by atoms with van der Waals surface area (Å²) in [5, 5.41) is 14.3. The van der Waals surface area contributed by atoms with Gasteiger partial charge in [-0.1, -0.05) is 23.7 Å². The van der Waals surface area contributed by atoms with E-state index in [0.717, 1.165) is 36.9 Å². The molecule has 0 bridgehead atoms. The Labute approximate surface area is 167 Å². The summed E-state index contributed by atoms with van der Waals surface area (Å²) < 4.78 is 5.15. The number of nitro groups is 1. The molecular weight excluding hydrogens is 384 g/mol. The second-order valence-corrected chi connectivity index (χ2v) is 6.81. The van der Waals surface area contributed by atoms with Crippen LogP contribution in [0.15, 0.2) is 42.5 Å². The molecule has 0 radical (unpaired) electrons. The van der Waals surface area contributed by atoms with Gasteiger partial charge in [-0.15, -0.1) is 0 Å². The zero-order chi connectivity index (χ0) is 20.1. The van der Waals surface area contributed by atoms with Crippen LogP contribution in [0, 0.1) is 10.1 Å². The number of rotatable bonds is 6. The van der Waals surface area contributed by atoms with Gasteiger partial charge in [-0.3, -0.25) is 19.8 Å². The largest absolute Gasteiger partial charge is 0.494 e. The highest BCUT2D eigenvalue weighted by Crippen LogP contribution is 2.29. The maximum Gasteiger partial charge on any atom is 0.273 e. The summed E-state index contributed by atoms with van der Waals surface area (Å²) in [6.07, 6.45) is 0. The van der Waals surface area contributed by atoms with E-state index in [0.29, 0.717) is 5.69 Å². The van der Waals surface area contributed by atoms with E-state index in [9.17, 15) is 14.9 Å². The molecule has 1 N–H and O–H groups in total. The molecule has 148 valence electrons. The second-order valence-electron chi connectivity index (χ2n) is 6.40. The van der Waals surface area contributed by atoms with E-state index in [1.54, 1.807) is 0 Å². The van der Waals surface area contributed by atoms with E-state index in [1.165, 1.54) is 25.3 Å². The first-order valence-electron chi connectivity index (χ1n) is 8.82. The summed E-state index contributed by atoms with van der Waals surface area (Å²) in [4.78, 5) is 27.0. The first-order valence-corrected chi connectivity index (χ1v) is 9.20. The summed E-state index contributed by atoms with van der Waals surface area (Å²) in [5.74, 6) is 0.0597.